The SMILES string of the molecule is CCC1CSC(C2CCCOC2)N1. The minimum absolute atomic E-state index is 0.672. The minimum Gasteiger partial charge on any atom is -0.381 e. The van der Waals surface area contributed by atoms with Crippen LogP contribution in [0.5, 0.6) is 0 Å². The van der Waals surface area contributed by atoms with Gasteiger partial charge in [-0.2, -0.15) is 0 Å². The number of hydrogen-bond donors (Lipinski definition) is 1. The standard InChI is InChI=1S/C10H19NOS/c1-2-9-7-13-10(11-9)8-4-3-5-12-6-8/h8-11H,2-7H2,1H3. The van der Waals surface area contributed by atoms with E-state index >= 15 is 0 Å². The fraction of sp³-hybridized carbons (Fsp3) is 1.00. The van der Waals surface area contributed by atoms with Crippen LogP contribution in [0.15, 0.2) is 0 Å². The van der Waals surface area contributed by atoms with E-state index in [9.17, 15) is 0 Å². The predicted molar refractivity (Wildman–Crippen MR) is 57.0 cm³/mol. The van der Waals surface area contributed by atoms with Gasteiger partial charge in [-0.15, -0.1) is 11.8 Å². The van der Waals surface area contributed by atoms with E-state index in [-0.39, 0.29) is 0 Å². The van der Waals surface area contributed by atoms with E-state index in [1.807, 2.05) is 0 Å². The van der Waals surface area contributed by atoms with Gasteiger partial charge in [0, 0.05) is 24.3 Å². The lowest BCUT2D eigenvalue weighted by molar-refractivity contribution is 0.0508. The molecule has 0 amide bonds. The summed E-state index contributed by atoms with van der Waals surface area (Å²) in [6.07, 6.45) is 3.86. The van der Waals surface area contributed by atoms with Gasteiger partial charge in [0.05, 0.1) is 12.0 Å². The second kappa shape index (κ2) is 4.67. The molecule has 0 saturated carbocycles. The summed E-state index contributed by atoms with van der Waals surface area (Å²) in [6, 6.07) is 0.747. The van der Waals surface area contributed by atoms with Crippen molar-refractivity contribution in [3.63, 3.8) is 0 Å². The molecule has 2 aliphatic heterocycles. The van der Waals surface area contributed by atoms with E-state index in [2.05, 4.69) is 24.0 Å². The Hall–Kier alpha value is 0.270. The van der Waals surface area contributed by atoms with Crippen molar-refractivity contribution in [2.24, 2.45) is 5.92 Å². The van der Waals surface area contributed by atoms with Gasteiger partial charge in [-0.1, -0.05) is 6.92 Å². The molecule has 0 aromatic heterocycles. The molecular weight excluding hydrogens is 182 g/mol. The van der Waals surface area contributed by atoms with Crippen LogP contribution in [0.2, 0.25) is 0 Å². The maximum absolute atomic E-state index is 5.51. The van der Waals surface area contributed by atoms with Gasteiger partial charge in [0.2, 0.25) is 0 Å². The fourth-order valence-electron chi connectivity index (χ4n) is 2.06. The number of rotatable bonds is 2. The van der Waals surface area contributed by atoms with E-state index in [0.717, 1.165) is 25.2 Å². The summed E-state index contributed by atoms with van der Waals surface area (Å²) < 4.78 is 5.51. The Morgan fingerprint density at radius 2 is 2.46 bits per heavy atom. The van der Waals surface area contributed by atoms with Crippen LogP contribution in [0.4, 0.5) is 0 Å². The lowest BCUT2D eigenvalue weighted by Gasteiger charge is -2.27. The highest BCUT2D eigenvalue weighted by atomic mass is 32.2. The Labute approximate surface area is 84.8 Å². The summed E-state index contributed by atoms with van der Waals surface area (Å²) in [5.74, 6) is 2.05. The average molecular weight is 201 g/mol. The molecule has 3 atom stereocenters. The molecule has 0 bridgehead atoms. The first-order valence-electron chi connectivity index (χ1n) is 5.35. The molecule has 2 nitrogen and oxygen atoms in total. The highest BCUT2D eigenvalue weighted by Crippen LogP contribution is 2.30. The highest BCUT2D eigenvalue weighted by Gasteiger charge is 2.30. The lowest BCUT2D eigenvalue weighted by atomic mass is 10.0. The van der Waals surface area contributed by atoms with Crippen molar-refractivity contribution >= 4 is 11.8 Å². The zero-order chi connectivity index (χ0) is 9.10. The van der Waals surface area contributed by atoms with Gasteiger partial charge in [0.15, 0.2) is 0 Å². The molecule has 3 heteroatoms. The summed E-state index contributed by atoms with van der Waals surface area (Å²) in [5.41, 5.74) is 0. The van der Waals surface area contributed by atoms with Gasteiger partial charge < -0.3 is 10.1 Å². The second-order valence-electron chi connectivity index (χ2n) is 4.00. The van der Waals surface area contributed by atoms with E-state index < -0.39 is 0 Å². The van der Waals surface area contributed by atoms with Crippen molar-refractivity contribution in [3.05, 3.63) is 0 Å². The summed E-state index contributed by atoms with van der Waals surface area (Å²) in [5, 5.41) is 4.36. The van der Waals surface area contributed by atoms with E-state index in [0.29, 0.717) is 5.37 Å². The molecule has 3 unspecified atom stereocenters. The Morgan fingerprint density at radius 3 is 3.08 bits per heavy atom. The number of thioether (sulfide) groups is 1. The molecule has 76 valence electrons. The molecule has 2 fully saturated rings. The fourth-order valence-corrected chi connectivity index (χ4v) is 3.61. The molecule has 0 spiro atoms. The molecule has 2 aliphatic rings. The summed E-state index contributed by atoms with van der Waals surface area (Å²) in [4.78, 5) is 0. The van der Waals surface area contributed by atoms with Gasteiger partial charge in [0.25, 0.3) is 0 Å². The largest absolute Gasteiger partial charge is 0.381 e. The quantitative estimate of drug-likeness (QED) is 0.737. The third kappa shape index (κ3) is 2.39. The molecule has 2 rings (SSSR count). The zero-order valence-electron chi connectivity index (χ0n) is 8.29. The number of ether oxygens (including phenoxy) is 1. The van der Waals surface area contributed by atoms with Gasteiger partial charge >= 0.3 is 0 Å². The van der Waals surface area contributed by atoms with Gasteiger partial charge in [-0.25, -0.2) is 0 Å². The van der Waals surface area contributed by atoms with Gasteiger partial charge in [-0.3, -0.25) is 0 Å². The van der Waals surface area contributed by atoms with Crippen molar-refractivity contribution in [2.45, 2.75) is 37.6 Å². The first-order chi connectivity index (χ1) is 6.40. The predicted octanol–water partition coefficient (Wildman–Crippen LogP) is 1.85. The highest BCUT2D eigenvalue weighted by molar-refractivity contribution is 8.00. The topological polar surface area (TPSA) is 21.3 Å². The van der Waals surface area contributed by atoms with Gasteiger partial charge in [0.1, 0.15) is 0 Å². The maximum Gasteiger partial charge on any atom is 0.0585 e. The Morgan fingerprint density at radius 1 is 1.54 bits per heavy atom. The molecule has 0 aromatic rings. The summed E-state index contributed by atoms with van der Waals surface area (Å²) in [7, 11) is 0. The second-order valence-corrected chi connectivity index (χ2v) is 5.18. The molecule has 0 aliphatic carbocycles. The van der Waals surface area contributed by atoms with Crippen molar-refractivity contribution < 1.29 is 4.74 Å². The van der Waals surface area contributed by atoms with Crippen LogP contribution in [-0.2, 0) is 4.74 Å². The number of nitrogens with one attached hydrogen (secondary N) is 1. The molecular formula is C10H19NOS. The van der Waals surface area contributed by atoms with Crippen LogP contribution in [0.3, 0.4) is 0 Å². The average Bonchev–Trinajstić information content (AvgIpc) is 2.67. The Bertz CT molecular complexity index is 159. The monoisotopic (exact) mass is 201 g/mol. The van der Waals surface area contributed by atoms with Crippen LogP contribution < -0.4 is 5.32 Å². The number of hydrogen-bond acceptors (Lipinski definition) is 3. The maximum atomic E-state index is 5.51. The van der Waals surface area contributed by atoms with Crippen LogP contribution in [0.1, 0.15) is 26.2 Å². The smallest absolute Gasteiger partial charge is 0.0585 e. The van der Waals surface area contributed by atoms with Crippen molar-refractivity contribution in [1.82, 2.24) is 5.32 Å². The first-order valence-corrected chi connectivity index (χ1v) is 6.40. The molecule has 1 N–H and O–H groups in total. The lowest BCUT2D eigenvalue weighted by Crippen LogP contribution is -2.37. The molecule has 13 heavy (non-hydrogen) atoms. The van der Waals surface area contributed by atoms with E-state index in [1.54, 1.807) is 0 Å². The van der Waals surface area contributed by atoms with Crippen LogP contribution in [0, 0.1) is 5.92 Å². The van der Waals surface area contributed by atoms with Crippen molar-refractivity contribution in [1.29, 1.82) is 0 Å². The van der Waals surface area contributed by atoms with Crippen molar-refractivity contribution in [2.75, 3.05) is 19.0 Å². The van der Waals surface area contributed by atoms with E-state index in [1.165, 1.54) is 25.0 Å². The summed E-state index contributed by atoms with van der Waals surface area (Å²) >= 11 is 2.09. The van der Waals surface area contributed by atoms with Gasteiger partial charge in [-0.05, 0) is 19.3 Å². The Balaban J connectivity index is 1.80. The Kier molecular flexibility index (Phi) is 3.52. The molecule has 2 heterocycles. The van der Waals surface area contributed by atoms with Crippen LogP contribution >= 0.6 is 11.8 Å². The third-order valence-corrected chi connectivity index (χ3v) is 4.47. The molecule has 0 aromatic carbocycles. The zero-order valence-corrected chi connectivity index (χ0v) is 9.11. The van der Waals surface area contributed by atoms with E-state index in [4.69, 9.17) is 4.74 Å². The van der Waals surface area contributed by atoms with Crippen LogP contribution in [-0.4, -0.2) is 30.4 Å². The molecule has 2 saturated heterocycles. The van der Waals surface area contributed by atoms with Crippen molar-refractivity contribution in [3.8, 4) is 0 Å². The van der Waals surface area contributed by atoms with Crippen LogP contribution in [0.25, 0.3) is 0 Å². The summed E-state index contributed by atoms with van der Waals surface area (Å²) in [6.45, 7) is 4.21. The minimum atomic E-state index is 0.672. The third-order valence-electron chi connectivity index (χ3n) is 2.99. The normalized spacial score (nSPS) is 40.8. The first kappa shape index (κ1) is 9.81. The molecule has 0 radical (unpaired) electrons.